The number of carbonyl (C=O) groups is 2. The van der Waals surface area contributed by atoms with E-state index in [9.17, 15) is 14.4 Å². The van der Waals surface area contributed by atoms with E-state index in [4.69, 9.17) is 0 Å². The SMILES string of the molecule is Cn1c(=O)n(C2CCC(=O)NC2=O)c2cccc(N3C4CNC[C@H]3C4)c21. The molecule has 2 unspecified atom stereocenters. The maximum absolute atomic E-state index is 13.0. The summed E-state index contributed by atoms with van der Waals surface area (Å²) in [5.41, 5.74) is 2.45. The van der Waals surface area contributed by atoms with Crippen molar-refractivity contribution in [1.82, 2.24) is 19.8 Å². The molecule has 2 N–H and O–H groups in total. The topological polar surface area (TPSA) is 88.4 Å². The molecule has 8 nitrogen and oxygen atoms in total. The first kappa shape index (κ1) is 15.6. The molecule has 3 aliphatic heterocycles. The number of nitrogens with zero attached hydrogens (tertiary/aromatic N) is 3. The van der Waals surface area contributed by atoms with Crippen LogP contribution in [-0.2, 0) is 16.6 Å². The molecule has 1 aromatic carbocycles. The Labute approximate surface area is 149 Å². The highest BCUT2D eigenvalue weighted by Crippen LogP contribution is 2.38. The molecule has 3 saturated heterocycles. The molecule has 136 valence electrons. The van der Waals surface area contributed by atoms with Crippen LogP contribution in [0.15, 0.2) is 23.0 Å². The number of hydrogen-bond donors (Lipinski definition) is 2. The van der Waals surface area contributed by atoms with Crippen molar-refractivity contribution in [3.63, 3.8) is 0 Å². The van der Waals surface area contributed by atoms with Crippen molar-refractivity contribution in [2.24, 2.45) is 7.05 Å². The summed E-state index contributed by atoms with van der Waals surface area (Å²) >= 11 is 0. The number of piperazine rings is 1. The van der Waals surface area contributed by atoms with Crippen LogP contribution in [0.2, 0.25) is 0 Å². The minimum absolute atomic E-state index is 0.217. The fourth-order valence-electron chi connectivity index (χ4n) is 4.73. The Hall–Kier alpha value is -2.61. The number of imidazole rings is 1. The molecule has 1 aromatic heterocycles. The molecule has 4 heterocycles. The van der Waals surface area contributed by atoms with Crippen LogP contribution in [0.25, 0.3) is 11.0 Å². The monoisotopic (exact) mass is 355 g/mol. The van der Waals surface area contributed by atoms with E-state index >= 15 is 0 Å². The van der Waals surface area contributed by atoms with Gasteiger partial charge in [-0.05, 0) is 25.0 Å². The van der Waals surface area contributed by atoms with Crippen molar-refractivity contribution in [2.75, 3.05) is 18.0 Å². The second kappa shape index (κ2) is 5.44. The summed E-state index contributed by atoms with van der Waals surface area (Å²) < 4.78 is 3.18. The average Bonchev–Trinajstić information content (AvgIpc) is 2.88. The predicted molar refractivity (Wildman–Crippen MR) is 96.1 cm³/mol. The predicted octanol–water partition coefficient (Wildman–Crippen LogP) is -0.132. The molecule has 26 heavy (non-hydrogen) atoms. The van der Waals surface area contributed by atoms with Gasteiger partial charge in [-0.3, -0.25) is 24.0 Å². The summed E-state index contributed by atoms with van der Waals surface area (Å²) in [7, 11) is 1.75. The molecule has 3 fully saturated rings. The first-order chi connectivity index (χ1) is 12.6. The van der Waals surface area contributed by atoms with Crippen LogP contribution in [0, 0.1) is 0 Å². The summed E-state index contributed by atoms with van der Waals surface area (Å²) in [4.78, 5) is 39.2. The summed E-state index contributed by atoms with van der Waals surface area (Å²) in [5, 5.41) is 5.78. The number of aryl methyl sites for hydroxylation is 1. The number of nitrogens with one attached hydrogen (secondary N) is 2. The number of benzene rings is 1. The number of imide groups is 1. The quantitative estimate of drug-likeness (QED) is 0.733. The molecule has 3 atom stereocenters. The van der Waals surface area contributed by atoms with Gasteiger partial charge >= 0.3 is 5.69 Å². The highest BCUT2D eigenvalue weighted by Gasteiger charge is 2.42. The largest absolute Gasteiger partial charge is 0.361 e. The van der Waals surface area contributed by atoms with E-state index in [2.05, 4.69) is 21.6 Å². The van der Waals surface area contributed by atoms with Gasteiger partial charge in [0.2, 0.25) is 11.8 Å². The fourth-order valence-corrected chi connectivity index (χ4v) is 4.73. The minimum atomic E-state index is -0.642. The Morgan fingerprint density at radius 1 is 1.12 bits per heavy atom. The van der Waals surface area contributed by atoms with Crippen molar-refractivity contribution in [1.29, 1.82) is 0 Å². The van der Waals surface area contributed by atoms with Crippen LogP contribution in [0.4, 0.5) is 5.69 Å². The zero-order valence-electron chi connectivity index (χ0n) is 14.6. The van der Waals surface area contributed by atoms with E-state index in [0.29, 0.717) is 18.5 Å². The molecule has 0 aliphatic carbocycles. The normalized spacial score (nSPS) is 28.2. The lowest BCUT2D eigenvalue weighted by molar-refractivity contribution is -0.135. The van der Waals surface area contributed by atoms with Gasteiger partial charge in [0, 0.05) is 38.6 Å². The molecule has 2 bridgehead atoms. The first-order valence-corrected chi connectivity index (χ1v) is 9.09. The summed E-state index contributed by atoms with van der Waals surface area (Å²) in [6.45, 7) is 1.91. The maximum Gasteiger partial charge on any atom is 0.329 e. The standard InChI is InChI=1S/C18H21N5O3/c1-21-16-12(22-10-7-11(22)9-19-8-10)3-2-4-13(16)23(18(21)26)14-5-6-15(24)20-17(14)25/h2-4,10-11,14,19H,5-9H2,1H3,(H,20,24,25)/t10-,11?,14?/m1/s1. The van der Waals surface area contributed by atoms with Gasteiger partial charge in [0.15, 0.2) is 0 Å². The van der Waals surface area contributed by atoms with E-state index < -0.39 is 11.9 Å². The molecule has 5 rings (SSSR count). The molecule has 3 aliphatic rings. The summed E-state index contributed by atoms with van der Waals surface area (Å²) in [6.07, 6.45) is 1.78. The molecule has 2 aromatic rings. The summed E-state index contributed by atoms with van der Waals surface area (Å²) in [5.74, 6) is -0.674. The van der Waals surface area contributed by atoms with Gasteiger partial charge in [0.25, 0.3) is 0 Å². The van der Waals surface area contributed by atoms with Gasteiger partial charge < -0.3 is 10.2 Å². The number of carbonyl (C=O) groups excluding carboxylic acids is 2. The van der Waals surface area contributed by atoms with E-state index in [1.165, 1.54) is 6.42 Å². The van der Waals surface area contributed by atoms with E-state index in [1.807, 2.05) is 12.1 Å². The third-order valence-electron chi connectivity index (χ3n) is 5.97. The third-order valence-corrected chi connectivity index (χ3v) is 5.97. The van der Waals surface area contributed by atoms with E-state index in [-0.39, 0.29) is 18.0 Å². The van der Waals surface area contributed by atoms with Gasteiger partial charge in [-0.25, -0.2) is 4.79 Å². The number of piperidine rings is 2. The highest BCUT2D eigenvalue weighted by atomic mass is 16.2. The zero-order chi connectivity index (χ0) is 18.0. The maximum atomic E-state index is 13.0. The second-order valence-electron chi connectivity index (χ2n) is 7.43. The molecule has 0 spiro atoms. The lowest BCUT2D eigenvalue weighted by Crippen LogP contribution is -2.68. The molecule has 0 radical (unpaired) electrons. The number of fused-ring (bicyclic) bond motifs is 3. The number of anilines is 1. The molecular formula is C18H21N5O3. The first-order valence-electron chi connectivity index (χ1n) is 9.09. The Bertz CT molecular complexity index is 977. The number of amides is 2. The van der Waals surface area contributed by atoms with Crippen LogP contribution >= 0.6 is 0 Å². The zero-order valence-corrected chi connectivity index (χ0v) is 14.6. The van der Waals surface area contributed by atoms with Crippen molar-refractivity contribution < 1.29 is 9.59 Å². The Morgan fingerprint density at radius 3 is 2.58 bits per heavy atom. The molecular weight excluding hydrogens is 334 g/mol. The van der Waals surface area contributed by atoms with Crippen LogP contribution in [0.3, 0.4) is 0 Å². The van der Waals surface area contributed by atoms with Crippen molar-refractivity contribution in [3.05, 3.63) is 28.7 Å². The van der Waals surface area contributed by atoms with Gasteiger partial charge in [-0.15, -0.1) is 0 Å². The van der Waals surface area contributed by atoms with Crippen LogP contribution < -0.4 is 21.2 Å². The van der Waals surface area contributed by atoms with Gasteiger partial charge in [0.1, 0.15) is 6.04 Å². The van der Waals surface area contributed by atoms with Crippen LogP contribution in [-0.4, -0.2) is 46.1 Å². The second-order valence-corrected chi connectivity index (χ2v) is 7.43. The van der Waals surface area contributed by atoms with Crippen molar-refractivity contribution >= 4 is 28.5 Å². The van der Waals surface area contributed by atoms with Gasteiger partial charge in [-0.2, -0.15) is 0 Å². The van der Waals surface area contributed by atoms with Crippen molar-refractivity contribution in [2.45, 2.75) is 37.4 Å². The lowest BCUT2D eigenvalue weighted by Gasteiger charge is -2.54. The van der Waals surface area contributed by atoms with Gasteiger partial charge in [0.05, 0.1) is 16.7 Å². The number of para-hydroxylation sites is 1. The van der Waals surface area contributed by atoms with Crippen LogP contribution in [0.5, 0.6) is 0 Å². The molecule has 8 heteroatoms. The van der Waals surface area contributed by atoms with Crippen molar-refractivity contribution in [3.8, 4) is 0 Å². The number of rotatable bonds is 2. The summed E-state index contributed by atoms with van der Waals surface area (Å²) in [6, 6.07) is 6.15. The van der Waals surface area contributed by atoms with Gasteiger partial charge in [-0.1, -0.05) is 6.07 Å². The highest BCUT2D eigenvalue weighted by molar-refractivity contribution is 6.00. The lowest BCUT2D eigenvalue weighted by atomic mass is 9.88. The number of hydrogen-bond acceptors (Lipinski definition) is 5. The third kappa shape index (κ3) is 2.02. The number of aromatic nitrogens is 2. The fraction of sp³-hybridized carbons (Fsp3) is 0.500. The van der Waals surface area contributed by atoms with Crippen LogP contribution in [0.1, 0.15) is 25.3 Å². The minimum Gasteiger partial charge on any atom is -0.361 e. The Morgan fingerprint density at radius 2 is 1.88 bits per heavy atom. The Kier molecular flexibility index (Phi) is 3.27. The smallest absolute Gasteiger partial charge is 0.329 e. The average molecular weight is 355 g/mol. The van der Waals surface area contributed by atoms with E-state index in [1.54, 1.807) is 16.2 Å². The van der Waals surface area contributed by atoms with E-state index in [0.717, 1.165) is 29.8 Å². The Balaban J connectivity index is 1.66. The molecule has 0 saturated carbocycles. The molecule has 2 amide bonds.